The SMILES string of the molecule is C=Cc1ccc(CC[SiH3])c2ccccc12. The zero-order chi connectivity index (χ0) is 10.7. The maximum atomic E-state index is 3.86. The highest BCUT2D eigenvalue weighted by molar-refractivity contribution is 6.08. The normalized spacial score (nSPS) is 10.7. The molecule has 0 heterocycles. The minimum absolute atomic E-state index is 1.21. The van der Waals surface area contributed by atoms with Crippen molar-refractivity contribution in [1.82, 2.24) is 0 Å². The summed E-state index contributed by atoms with van der Waals surface area (Å²) < 4.78 is 0. The van der Waals surface area contributed by atoms with Crippen molar-refractivity contribution >= 4 is 27.1 Å². The average Bonchev–Trinajstić information content (AvgIpc) is 2.30. The van der Waals surface area contributed by atoms with Gasteiger partial charge in [0.15, 0.2) is 0 Å². The predicted octanol–water partition coefficient (Wildman–Crippen LogP) is 2.81. The zero-order valence-electron chi connectivity index (χ0n) is 9.16. The maximum absolute atomic E-state index is 3.86. The van der Waals surface area contributed by atoms with Gasteiger partial charge in [-0.2, -0.15) is 0 Å². The standard InChI is InChI=1S/C14H16Si/c1-2-11-7-8-12(9-10-15)14-6-4-3-5-13(11)14/h2-8H,1,9-10H2,15H3. The number of rotatable bonds is 3. The second-order valence-corrected chi connectivity index (χ2v) is 4.81. The van der Waals surface area contributed by atoms with Gasteiger partial charge in [0, 0.05) is 10.2 Å². The molecule has 0 bridgehead atoms. The highest BCUT2D eigenvalue weighted by Gasteiger charge is 2.02. The Labute approximate surface area is 94.1 Å². The van der Waals surface area contributed by atoms with Gasteiger partial charge in [-0.1, -0.05) is 55.1 Å². The number of hydrogen-bond acceptors (Lipinski definition) is 0. The molecular weight excluding hydrogens is 196 g/mol. The van der Waals surface area contributed by atoms with E-state index in [1.165, 1.54) is 44.6 Å². The van der Waals surface area contributed by atoms with Gasteiger partial charge in [-0.15, -0.1) is 0 Å². The lowest BCUT2D eigenvalue weighted by Crippen LogP contribution is -1.88. The van der Waals surface area contributed by atoms with Crippen molar-refractivity contribution < 1.29 is 0 Å². The second kappa shape index (κ2) is 4.45. The van der Waals surface area contributed by atoms with E-state index in [1.54, 1.807) is 0 Å². The van der Waals surface area contributed by atoms with Gasteiger partial charge >= 0.3 is 0 Å². The lowest BCUT2D eigenvalue weighted by Gasteiger charge is -2.07. The third-order valence-electron chi connectivity index (χ3n) is 2.79. The van der Waals surface area contributed by atoms with E-state index < -0.39 is 0 Å². The molecule has 0 unspecified atom stereocenters. The van der Waals surface area contributed by atoms with E-state index in [0.717, 1.165) is 0 Å². The van der Waals surface area contributed by atoms with Gasteiger partial charge < -0.3 is 0 Å². The molecule has 0 fully saturated rings. The van der Waals surface area contributed by atoms with Crippen LogP contribution in [0.15, 0.2) is 43.0 Å². The minimum atomic E-state index is 1.21. The van der Waals surface area contributed by atoms with Gasteiger partial charge in [-0.3, -0.25) is 0 Å². The first-order valence-electron chi connectivity index (χ1n) is 5.50. The van der Waals surface area contributed by atoms with E-state index in [-0.39, 0.29) is 0 Å². The Bertz CT molecular complexity index is 486. The molecule has 0 aliphatic heterocycles. The molecule has 1 heteroatoms. The molecule has 2 aromatic carbocycles. The smallest absolute Gasteiger partial charge is 0.00321 e. The molecule has 0 nitrogen and oxygen atoms in total. The Morgan fingerprint density at radius 3 is 2.47 bits per heavy atom. The molecule has 76 valence electrons. The van der Waals surface area contributed by atoms with Crippen molar-refractivity contribution in [2.75, 3.05) is 0 Å². The van der Waals surface area contributed by atoms with Crippen LogP contribution in [0, 0.1) is 0 Å². The summed E-state index contributed by atoms with van der Waals surface area (Å²) in [4.78, 5) is 0. The summed E-state index contributed by atoms with van der Waals surface area (Å²) in [6.45, 7) is 3.86. The molecule has 0 aromatic heterocycles. The van der Waals surface area contributed by atoms with E-state index in [0.29, 0.717) is 0 Å². The summed E-state index contributed by atoms with van der Waals surface area (Å²) >= 11 is 0. The van der Waals surface area contributed by atoms with Crippen LogP contribution in [0.25, 0.3) is 16.8 Å². The molecule has 15 heavy (non-hydrogen) atoms. The fourth-order valence-corrected chi connectivity index (χ4v) is 2.59. The van der Waals surface area contributed by atoms with Crippen LogP contribution in [-0.4, -0.2) is 10.2 Å². The van der Waals surface area contributed by atoms with Crippen LogP contribution in [-0.2, 0) is 6.42 Å². The van der Waals surface area contributed by atoms with Gasteiger partial charge in [0.1, 0.15) is 0 Å². The Kier molecular flexibility index (Phi) is 3.02. The van der Waals surface area contributed by atoms with Crippen molar-refractivity contribution in [2.45, 2.75) is 12.5 Å². The van der Waals surface area contributed by atoms with Crippen molar-refractivity contribution in [3.8, 4) is 0 Å². The monoisotopic (exact) mass is 212 g/mol. The first-order valence-corrected chi connectivity index (χ1v) is 6.91. The maximum Gasteiger partial charge on any atom is 0.00321 e. The average molecular weight is 212 g/mol. The molecule has 2 aromatic rings. The van der Waals surface area contributed by atoms with Crippen LogP contribution in [0.1, 0.15) is 11.1 Å². The highest BCUT2D eigenvalue weighted by atomic mass is 28.1. The Morgan fingerprint density at radius 1 is 1.07 bits per heavy atom. The molecule has 0 saturated heterocycles. The molecule has 0 saturated carbocycles. The molecule has 0 spiro atoms. The van der Waals surface area contributed by atoms with Gasteiger partial charge in [0.05, 0.1) is 0 Å². The second-order valence-electron chi connectivity index (χ2n) is 3.81. The molecular formula is C14H16Si. The predicted molar refractivity (Wildman–Crippen MR) is 72.5 cm³/mol. The molecule has 0 aliphatic carbocycles. The Balaban J connectivity index is 2.71. The lowest BCUT2D eigenvalue weighted by atomic mass is 9.98. The van der Waals surface area contributed by atoms with E-state index in [1.807, 2.05) is 6.08 Å². The third kappa shape index (κ3) is 1.88. The quantitative estimate of drug-likeness (QED) is 0.686. The van der Waals surface area contributed by atoms with Crippen LogP contribution in [0.2, 0.25) is 6.04 Å². The van der Waals surface area contributed by atoms with Crippen molar-refractivity contribution in [2.24, 2.45) is 0 Å². The summed E-state index contributed by atoms with van der Waals surface area (Å²) in [6.07, 6.45) is 3.15. The fourth-order valence-electron chi connectivity index (χ4n) is 2.05. The molecule has 2 rings (SSSR count). The van der Waals surface area contributed by atoms with Crippen LogP contribution in [0.5, 0.6) is 0 Å². The number of aryl methyl sites for hydroxylation is 1. The fraction of sp³-hybridized carbons (Fsp3) is 0.143. The van der Waals surface area contributed by atoms with E-state index in [9.17, 15) is 0 Å². The number of fused-ring (bicyclic) bond motifs is 1. The van der Waals surface area contributed by atoms with Gasteiger partial charge in [0.2, 0.25) is 0 Å². The van der Waals surface area contributed by atoms with Crippen molar-refractivity contribution in [3.63, 3.8) is 0 Å². The summed E-state index contributed by atoms with van der Waals surface area (Å²) in [7, 11) is 1.28. The third-order valence-corrected chi connectivity index (χ3v) is 3.29. The molecule has 0 aliphatic rings. The molecule has 0 amide bonds. The molecule has 0 radical (unpaired) electrons. The number of benzene rings is 2. The topological polar surface area (TPSA) is 0 Å². The summed E-state index contributed by atoms with van der Waals surface area (Å²) in [5.41, 5.74) is 2.72. The first-order chi connectivity index (χ1) is 7.36. The lowest BCUT2D eigenvalue weighted by molar-refractivity contribution is 1.15. The Morgan fingerprint density at radius 2 is 1.80 bits per heavy atom. The van der Waals surface area contributed by atoms with Crippen LogP contribution in [0.4, 0.5) is 0 Å². The van der Waals surface area contributed by atoms with Crippen LogP contribution >= 0.6 is 0 Å². The number of hydrogen-bond donors (Lipinski definition) is 0. The zero-order valence-corrected chi connectivity index (χ0v) is 11.2. The largest absolute Gasteiger partial charge is 0.0984 e. The van der Waals surface area contributed by atoms with E-state index in [4.69, 9.17) is 0 Å². The summed E-state index contributed by atoms with van der Waals surface area (Å²) in [5.74, 6) is 0. The summed E-state index contributed by atoms with van der Waals surface area (Å²) in [6, 6.07) is 14.4. The first kappa shape index (κ1) is 10.2. The molecule has 0 N–H and O–H groups in total. The van der Waals surface area contributed by atoms with Gasteiger partial charge in [0.25, 0.3) is 0 Å². The molecule has 0 atom stereocenters. The van der Waals surface area contributed by atoms with E-state index in [2.05, 4.69) is 43.0 Å². The van der Waals surface area contributed by atoms with Crippen molar-refractivity contribution in [3.05, 3.63) is 54.1 Å². The highest BCUT2D eigenvalue weighted by Crippen LogP contribution is 2.24. The van der Waals surface area contributed by atoms with E-state index >= 15 is 0 Å². The van der Waals surface area contributed by atoms with Crippen molar-refractivity contribution in [1.29, 1.82) is 0 Å². The van der Waals surface area contributed by atoms with Crippen LogP contribution < -0.4 is 0 Å². The minimum Gasteiger partial charge on any atom is -0.0984 e. The van der Waals surface area contributed by atoms with Gasteiger partial charge in [-0.25, -0.2) is 0 Å². The summed E-state index contributed by atoms with van der Waals surface area (Å²) in [5, 5.41) is 2.73. The Hall–Kier alpha value is -1.34. The van der Waals surface area contributed by atoms with Crippen LogP contribution in [0.3, 0.4) is 0 Å². The van der Waals surface area contributed by atoms with Gasteiger partial charge in [-0.05, 0) is 28.3 Å².